The third-order valence-electron chi connectivity index (χ3n) is 4.62. The van der Waals surface area contributed by atoms with Crippen molar-refractivity contribution in [1.82, 2.24) is 0 Å². The molecule has 108 valence electrons. The topological polar surface area (TPSA) is 30.5 Å². The predicted molar refractivity (Wildman–Crippen MR) is 82.6 cm³/mol. The van der Waals surface area contributed by atoms with Crippen LogP contribution < -0.4 is 10.1 Å². The van der Waals surface area contributed by atoms with Gasteiger partial charge in [-0.3, -0.25) is 0 Å². The van der Waals surface area contributed by atoms with E-state index in [-0.39, 0.29) is 12.1 Å². The normalized spacial score (nSPS) is 26.6. The summed E-state index contributed by atoms with van der Waals surface area (Å²) in [5, 5.41) is 3.70. The fraction of sp³-hybridized carbons (Fsp3) is 0.333. The number of rotatable bonds is 2. The number of ether oxygens (including phenoxy) is 2. The van der Waals surface area contributed by atoms with Crippen LogP contribution in [0.5, 0.6) is 5.75 Å². The van der Waals surface area contributed by atoms with Gasteiger partial charge in [-0.1, -0.05) is 36.4 Å². The zero-order chi connectivity index (χ0) is 14.2. The van der Waals surface area contributed by atoms with Crippen molar-refractivity contribution in [2.75, 3.05) is 19.0 Å². The maximum Gasteiger partial charge on any atom is 0.124 e. The highest BCUT2D eigenvalue weighted by Crippen LogP contribution is 2.50. The lowest BCUT2D eigenvalue weighted by molar-refractivity contribution is 0.0827. The van der Waals surface area contributed by atoms with Crippen molar-refractivity contribution in [3.63, 3.8) is 0 Å². The number of benzene rings is 2. The fourth-order valence-corrected chi connectivity index (χ4v) is 3.65. The molecule has 3 atom stereocenters. The fourth-order valence-electron chi connectivity index (χ4n) is 3.65. The Balaban J connectivity index is 1.80. The van der Waals surface area contributed by atoms with Crippen LogP contribution in [0.4, 0.5) is 5.69 Å². The van der Waals surface area contributed by atoms with Gasteiger partial charge in [0.25, 0.3) is 0 Å². The average molecular weight is 281 g/mol. The van der Waals surface area contributed by atoms with E-state index in [1.165, 1.54) is 16.8 Å². The minimum atomic E-state index is 0.192. The largest absolute Gasteiger partial charge is 0.496 e. The number of hydrogen-bond donors (Lipinski definition) is 1. The zero-order valence-electron chi connectivity index (χ0n) is 12.1. The molecule has 4 rings (SSSR count). The van der Waals surface area contributed by atoms with Crippen LogP contribution in [0.1, 0.15) is 29.7 Å². The summed E-state index contributed by atoms with van der Waals surface area (Å²) in [4.78, 5) is 0. The van der Waals surface area contributed by atoms with Gasteiger partial charge in [-0.2, -0.15) is 0 Å². The van der Waals surface area contributed by atoms with Gasteiger partial charge in [-0.15, -0.1) is 0 Å². The van der Waals surface area contributed by atoms with Crippen LogP contribution in [-0.2, 0) is 4.74 Å². The number of para-hydroxylation sites is 2. The lowest BCUT2D eigenvalue weighted by Gasteiger charge is -2.36. The summed E-state index contributed by atoms with van der Waals surface area (Å²) in [5.41, 5.74) is 3.68. The first-order chi connectivity index (χ1) is 10.4. The van der Waals surface area contributed by atoms with E-state index in [0.717, 1.165) is 18.8 Å². The average Bonchev–Trinajstić information content (AvgIpc) is 3.04. The molecule has 0 amide bonds. The van der Waals surface area contributed by atoms with E-state index in [1.54, 1.807) is 7.11 Å². The van der Waals surface area contributed by atoms with Crippen molar-refractivity contribution in [2.45, 2.75) is 18.6 Å². The summed E-state index contributed by atoms with van der Waals surface area (Å²) < 4.78 is 11.6. The zero-order valence-corrected chi connectivity index (χ0v) is 12.1. The minimum Gasteiger partial charge on any atom is -0.496 e. The van der Waals surface area contributed by atoms with Gasteiger partial charge in [0, 0.05) is 29.3 Å². The standard InChI is InChI=1S/C18H19NO2/c1-20-16-9-5-3-7-13(16)17-14-10-11-21-18(14)12-6-2-4-8-15(12)19-17/h2-9,14,17-19H,10-11H2,1H3/t14-,17+,18+/m0/s1. The molecule has 0 saturated carbocycles. The molecule has 1 saturated heterocycles. The molecule has 0 bridgehead atoms. The predicted octanol–water partition coefficient (Wildman–Crippen LogP) is 3.94. The molecule has 2 aromatic rings. The van der Waals surface area contributed by atoms with Gasteiger partial charge >= 0.3 is 0 Å². The first-order valence-electron chi connectivity index (χ1n) is 7.48. The SMILES string of the molecule is COc1ccccc1[C@H]1Nc2ccccc2[C@H]2OCC[C@@H]12. The molecule has 0 aromatic heterocycles. The Labute approximate surface area is 124 Å². The number of fused-ring (bicyclic) bond motifs is 3. The molecule has 2 aliphatic rings. The summed E-state index contributed by atoms with van der Waals surface area (Å²) >= 11 is 0. The molecule has 0 aliphatic carbocycles. The number of anilines is 1. The van der Waals surface area contributed by atoms with Crippen LogP contribution >= 0.6 is 0 Å². The first kappa shape index (κ1) is 12.7. The maximum atomic E-state index is 6.03. The smallest absolute Gasteiger partial charge is 0.124 e. The number of hydrogen-bond acceptors (Lipinski definition) is 3. The lowest BCUT2D eigenvalue weighted by Crippen LogP contribution is -2.29. The van der Waals surface area contributed by atoms with E-state index in [1.807, 2.05) is 12.1 Å². The second-order valence-electron chi connectivity index (χ2n) is 5.70. The van der Waals surface area contributed by atoms with Crippen molar-refractivity contribution >= 4 is 5.69 Å². The van der Waals surface area contributed by atoms with E-state index in [4.69, 9.17) is 9.47 Å². The molecule has 0 spiro atoms. The Hall–Kier alpha value is -2.00. The van der Waals surface area contributed by atoms with E-state index in [2.05, 4.69) is 41.7 Å². The Morgan fingerprint density at radius 2 is 1.81 bits per heavy atom. The second kappa shape index (κ2) is 5.08. The van der Waals surface area contributed by atoms with Crippen LogP contribution in [-0.4, -0.2) is 13.7 Å². The highest BCUT2D eigenvalue weighted by molar-refractivity contribution is 5.58. The van der Waals surface area contributed by atoms with E-state index in [9.17, 15) is 0 Å². The van der Waals surface area contributed by atoms with Gasteiger partial charge in [0.05, 0.1) is 19.3 Å². The van der Waals surface area contributed by atoms with E-state index in [0.29, 0.717) is 5.92 Å². The summed E-state index contributed by atoms with van der Waals surface area (Å²) in [6.07, 6.45) is 1.27. The molecule has 0 unspecified atom stereocenters. The van der Waals surface area contributed by atoms with Crippen LogP contribution in [0.25, 0.3) is 0 Å². The van der Waals surface area contributed by atoms with Crippen molar-refractivity contribution < 1.29 is 9.47 Å². The van der Waals surface area contributed by atoms with Crippen LogP contribution in [0.15, 0.2) is 48.5 Å². The highest BCUT2D eigenvalue weighted by Gasteiger charge is 2.42. The quantitative estimate of drug-likeness (QED) is 0.904. The van der Waals surface area contributed by atoms with Crippen molar-refractivity contribution in [3.05, 3.63) is 59.7 Å². The second-order valence-corrected chi connectivity index (χ2v) is 5.70. The van der Waals surface area contributed by atoms with Crippen LogP contribution in [0.3, 0.4) is 0 Å². The van der Waals surface area contributed by atoms with Gasteiger partial charge in [0.1, 0.15) is 5.75 Å². The summed E-state index contributed by atoms with van der Waals surface area (Å²) in [6.45, 7) is 0.830. The van der Waals surface area contributed by atoms with Gasteiger partial charge in [0.15, 0.2) is 0 Å². The van der Waals surface area contributed by atoms with Crippen LogP contribution in [0, 0.1) is 5.92 Å². The first-order valence-corrected chi connectivity index (χ1v) is 7.48. The van der Waals surface area contributed by atoms with E-state index >= 15 is 0 Å². The Morgan fingerprint density at radius 1 is 1.05 bits per heavy atom. The lowest BCUT2D eigenvalue weighted by atomic mass is 9.81. The molecule has 0 radical (unpaired) electrons. The minimum absolute atomic E-state index is 0.192. The van der Waals surface area contributed by atoms with Gasteiger partial charge in [-0.25, -0.2) is 0 Å². The molecule has 3 nitrogen and oxygen atoms in total. The Bertz CT molecular complexity index is 655. The molecular weight excluding hydrogens is 262 g/mol. The van der Waals surface area contributed by atoms with Gasteiger partial charge in [-0.05, 0) is 18.6 Å². The van der Waals surface area contributed by atoms with E-state index < -0.39 is 0 Å². The van der Waals surface area contributed by atoms with Crippen LogP contribution in [0.2, 0.25) is 0 Å². The highest BCUT2D eigenvalue weighted by atomic mass is 16.5. The summed E-state index contributed by atoms with van der Waals surface area (Å²) in [6, 6.07) is 17.0. The molecule has 1 fully saturated rings. The molecule has 2 heterocycles. The molecule has 21 heavy (non-hydrogen) atoms. The van der Waals surface area contributed by atoms with Gasteiger partial charge < -0.3 is 14.8 Å². The molecule has 2 aliphatic heterocycles. The molecule has 2 aromatic carbocycles. The number of nitrogens with one attached hydrogen (secondary N) is 1. The summed E-state index contributed by atoms with van der Waals surface area (Å²) in [7, 11) is 1.73. The van der Waals surface area contributed by atoms with Crippen molar-refractivity contribution in [3.8, 4) is 5.75 Å². The Morgan fingerprint density at radius 3 is 2.67 bits per heavy atom. The summed E-state index contributed by atoms with van der Waals surface area (Å²) in [5.74, 6) is 1.40. The Kier molecular flexibility index (Phi) is 3.08. The molecular formula is C18H19NO2. The third kappa shape index (κ3) is 2.00. The third-order valence-corrected chi connectivity index (χ3v) is 4.62. The van der Waals surface area contributed by atoms with Crippen molar-refractivity contribution in [1.29, 1.82) is 0 Å². The monoisotopic (exact) mass is 281 g/mol. The molecule has 3 heteroatoms. The van der Waals surface area contributed by atoms with Gasteiger partial charge in [0.2, 0.25) is 0 Å². The van der Waals surface area contributed by atoms with Crippen molar-refractivity contribution in [2.24, 2.45) is 5.92 Å². The maximum absolute atomic E-state index is 6.03. The molecule has 1 N–H and O–H groups in total. The number of methoxy groups -OCH3 is 1.